The van der Waals surface area contributed by atoms with Gasteiger partial charge in [0.25, 0.3) is 0 Å². The van der Waals surface area contributed by atoms with Crippen LogP contribution in [0, 0.1) is 11.8 Å². The maximum Gasteiger partial charge on any atom is 0.0649 e. The molecule has 2 aliphatic rings. The lowest BCUT2D eigenvalue weighted by atomic mass is 10.4. The Balaban J connectivity index is 2.06. The first-order valence-corrected chi connectivity index (χ1v) is 2.65. The van der Waals surface area contributed by atoms with Gasteiger partial charge in [0.2, 0.25) is 0 Å². The molecule has 1 N–H and O–H groups in total. The second-order valence-electron chi connectivity index (χ2n) is 2.36. The topological polar surface area (TPSA) is 29.5 Å². The van der Waals surface area contributed by atoms with E-state index in [9.17, 15) is 0 Å². The normalized spacial score (nSPS) is 57.0. The number of aliphatic hydroxyl groups is 1. The van der Waals surface area contributed by atoms with E-state index in [4.69, 9.17) is 9.84 Å². The molecule has 2 heteroatoms. The average Bonchev–Trinajstić information content (AvgIpc) is 2.26. The van der Waals surface area contributed by atoms with Gasteiger partial charge in [0, 0.05) is 11.8 Å². The van der Waals surface area contributed by atoms with E-state index < -0.39 is 0 Å². The Labute approximate surface area is 42.1 Å². The van der Waals surface area contributed by atoms with E-state index >= 15 is 0 Å². The van der Waals surface area contributed by atoms with Crippen LogP contribution < -0.4 is 0 Å². The third-order valence-electron chi connectivity index (χ3n) is 1.91. The third-order valence-corrected chi connectivity index (χ3v) is 1.91. The van der Waals surface area contributed by atoms with Crippen molar-refractivity contribution < 1.29 is 9.84 Å². The van der Waals surface area contributed by atoms with Crippen molar-refractivity contribution in [2.24, 2.45) is 11.8 Å². The molecule has 0 aromatic heterocycles. The van der Waals surface area contributed by atoms with Crippen molar-refractivity contribution in [3.63, 3.8) is 0 Å². The highest BCUT2D eigenvalue weighted by Gasteiger charge is 2.53. The molecule has 0 bridgehead atoms. The number of aliphatic hydroxyl groups excluding tert-OH is 1. The Morgan fingerprint density at radius 3 is 2.14 bits per heavy atom. The SMILES string of the molecule is OC1[C@H]2COC[C@@H]12. The lowest BCUT2D eigenvalue weighted by Gasteiger charge is -1.93. The Bertz CT molecular complexity index is 82.1. The van der Waals surface area contributed by atoms with E-state index in [-0.39, 0.29) is 6.10 Å². The molecule has 2 rings (SSSR count). The zero-order valence-corrected chi connectivity index (χ0v) is 4.00. The van der Waals surface area contributed by atoms with Gasteiger partial charge in [-0.1, -0.05) is 0 Å². The predicted molar refractivity (Wildman–Crippen MR) is 23.8 cm³/mol. The number of rotatable bonds is 0. The van der Waals surface area contributed by atoms with Crippen LogP contribution in [0.2, 0.25) is 0 Å². The van der Waals surface area contributed by atoms with Crippen LogP contribution in [0.1, 0.15) is 0 Å². The minimum absolute atomic E-state index is 0.00579. The monoisotopic (exact) mass is 100 g/mol. The largest absolute Gasteiger partial charge is 0.392 e. The van der Waals surface area contributed by atoms with Gasteiger partial charge in [-0.2, -0.15) is 0 Å². The molecule has 2 nitrogen and oxygen atoms in total. The molecule has 1 saturated heterocycles. The van der Waals surface area contributed by atoms with Crippen LogP contribution in [0.5, 0.6) is 0 Å². The zero-order valence-electron chi connectivity index (χ0n) is 4.00. The van der Waals surface area contributed by atoms with Crippen molar-refractivity contribution >= 4 is 0 Å². The number of fused-ring (bicyclic) bond motifs is 1. The highest BCUT2D eigenvalue weighted by atomic mass is 16.5. The molecule has 0 radical (unpaired) electrons. The highest BCUT2D eigenvalue weighted by Crippen LogP contribution is 2.43. The lowest BCUT2D eigenvalue weighted by molar-refractivity contribution is 0.110. The zero-order chi connectivity index (χ0) is 4.85. The summed E-state index contributed by atoms with van der Waals surface area (Å²) in [4.78, 5) is 0. The minimum atomic E-state index is -0.00579. The summed E-state index contributed by atoms with van der Waals surface area (Å²) in [6.07, 6.45) is -0.00579. The summed E-state index contributed by atoms with van der Waals surface area (Å²) in [7, 11) is 0. The Morgan fingerprint density at radius 1 is 1.29 bits per heavy atom. The van der Waals surface area contributed by atoms with Gasteiger partial charge in [0.15, 0.2) is 0 Å². The molecular weight excluding hydrogens is 92.1 g/mol. The summed E-state index contributed by atoms with van der Waals surface area (Å²) < 4.78 is 5.02. The molecule has 1 aliphatic heterocycles. The maximum atomic E-state index is 8.87. The summed E-state index contributed by atoms with van der Waals surface area (Å²) >= 11 is 0. The van der Waals surface area contributed by atoms with Crippen molar-refractivity contribution in [2.45, 2.75) is 6.10 Å². The minimum Gasteiger partial charge on any atom is -0.392 e. The number of hydrogen-bond acceptors (Lipinski definition) is 2. The average molecular weight is 100 g/mol. The molecule has 0 aromatic carbocycles. The van der Waals surface area contributed by atoms with Gasteiger partial charge in [-0.15, -0.1) is 0 Å². The molecular formula is C5H8O2. The first kappa shape index (κ1) is 3.87. The van der Waals surface area contributed by atoms with E-state index in [1.54, 1.807) is 0 Å². The summed E-state index contributed by atoms with van der Waals surface area (Å²) in [6.45, 7) is 1.59. The van der Waals surface area contributed by atoms with Crippen LogP contribution in [-0.4, -0.2) is 24.4 Å². The molecule has 40 valence electrons. The van der Waals surface area contributed by atoms with Gasteiger partial charge >= 0.3 is 0 Å². The van der Waals surface area contributed by atoms with Crippen LogP contribution >= 0.6 is 0 Å². The molecule has 0 amide bonds. The molecule has 1 unspecified atom stereocenters. The molecule has 0 aromatic rings. The second-order valence-corrected chi connectivity index (χ2v) is 2.36. The summed E-state index contributed by atoms with van der Waals surface area (Å²) in [6, 6.07) is 0. The molecule has 2 fully saturated rings. The van der Waals surface area contributed by atoms with E-state index in [0.29, 0.717) is 11.8 Å². The first-order valence-electron chi connectivity index (χ1n) is 2.65. The fourth-order valence-corrected chi connectivity index (χ4v) is 1.21. The highest BCUT2D eigenvalue weighted by molar-refractivity contribution is 5.00. The standard InChI is InChI=1S/C5H8O2/c6-5-3-1-7-2-4(3)5/h3-6H,1-2H2/t3-,4+,5?. The van der Waals surface area contributed by atoms with Crippen molar-refractivity contribution in [1.82, 2.24) is 0 Å². The second kappa shape index (κ2) is 1.01. The van der Waals surface area contributed by atoms with E-state index in [2.05, 4.69) is 0 Å². The smallest absolute Gasteiger partial charge is 0.0649 e. The van der Waals surface area contributed by atoms with Gasteiger partial charge in [-0.25, -0.2) is 0 Å². The van der Waals surface area contributed by atoms with E-state index in [1.165, 1.54) is 0 Å². The van der Waals surface area contributed by atoms with Crippen molar-refractivity contribution in [3.8, 4) is 0 Å². The lowest BCUT2D eigenvalue weighted by Crippen LogP contribution is -1.99. The van der Waals surface area contributed by atoms with Crippen LogP contribution in [0.4, 0.5) is 0 Å². The van der Waals surface area contributed by atoms with Crippen LogP contribution in [0.25, 0.3) is 0 Å². The quantitative estimate of drug-likeness (QED) is 0.449. The first-order chi connectivity index (χ1) is 3.39. The van der Waals surface area contributed by atoms with E-state index in [1.807, 2.05) is 0 Å². The summed E-state index contributed by atoms with van der Waals surface area (Å²) in [5, 5.41) is 8.87. The molecule has 1 saturated carbocycles. The Morgan fingerprint density at radius 2 is 1.86 bits per heavy atom. The maximum absolute atomic E-state index is 8.87. The summed E-state index contributed by atoms with van der Waals surface area (Å²) in [5.74, 6) is 1.03. The van der Waals surface area contributed by atoms with Crippen molar-refractivity contribution in [1.29, 1.82) is 0 Å². The van der Waals surface area contributed by atoms with Gasteiger partial charge in [0.05, 0.1) is 19.3 Å². The van der Waals surface area contributed by atoms with Crippen molar-refractivity contribution in [2.75, 3.05) is 13.2 Å². The predicted octanol–water partition coefficient (Wildman–Crippen LogP) is -0.377. The molecule has 7 heavy (non-hydrogen) atoms. The van der Waals surface area contributed by atoms with Gasteiger partial charge in [-0.3, -0.25) is 0 Å². The fraction of sp³-hybridized carbons (Fsp3) is 1.00. The van der Waals surface area contributed by atoms with Gasteiger partial charge in [0.1, 0.15) is 0 Å². The Hall–Kier alpha value is -0.0800. The molecule has 1 aliphatic carbocycles. The van der Waals surface area contributed by atoms with Gasteiger partial charge < -0.3 is 9.84 Å². The van der Waals surface area contributed by atoms with E-state index in [0.717, 1.165) is 13.2 Å². The van der Waals surface area contributed by atoms with Gasteiger partial charge in [-0.05, 0) is 0 Å². The number of hydrogen-bond donors (Lipinski definition) is 1. The fourth-order valence-electron chi connectivity index (χ4n) is 1.21. The third kappa shape index (κ3) is 0.359. The summed E-state index contributed by atoms with van der Waals surface area (Å²) in [5.41, 5.74) is 0. The molecule has 1 heterocycles. The van der Waals surface area contributed by atoms with Crippen LogP contribution in [0.15, 0.2) is 0 Å². The van der Waals surface area contributed by atoms with Crippen molar-refractivity contribution in [3.05, 3.63) is 0 Å². The number of ether oxygens (including phenoxy) is 1. The molecule has 3 atom stereocenters. The molecule has 0 spiro atoms. The van der Waals surface area contributed by atoms with Crippen LogP contribution in [0.3, 0.4) is 0 Å². The van der Waals surface area contributed by atoms with Crippen LogP contribution in [-0.2, 0) is 4.74 Å². The Kier molecular flexibility index (Phi) is 0.557.